The highest BCUT2D eigenvalue weighted by Crippen LogP contribution is 2.29. The fourth-order valence-corrected chi connectivity index (χ4v) is 1.27. The summed E-state index contributed by atoms with van der Waals surface area (Å²) < 4.78 is 0. The van der Waals surface area contributed by atoms with Gasteiger partial charge in [0, 0.05) is 6.54 Å². The molecule has 0 aliphatic rings. The lowest BCUT2D eigenvalue weighted by Crippen LogP contribution is -2.30. The standard InChI is InChI=1S/C12H27N/c1-7-13-10-12(5,6)9-8-11(2,3)4/h13H,7-10H2,1-6H3. The summed E-state index contributed by atoms with van der Waals surface area (Å²) in [7, 11) is 0. The van der Waals surface area contributed by atoms with Crippen molar-refractivity contribution in [2.75, 3.05) is 13.1 Å². The molecule has 0 fully saturated rings. The zero-order valence-electron chi connectivity index (χ0n) is 10.3. The number of hydrogen-bond acceptors (Lipinski definition) is 1. The third kappa shape index (κ3) is 8.29. The van der Waals surface area contributed by atoms with Crippen LogP contribution in [-0.4, -0.2) is 13.1 Å². The van der Waals surface area contributed by atoms with Gasteiger partial charge in [-0.2, -0.15) is 0 Å². The highest BCUT2D eigenvalue weighted by atomic mass is 14.9. The lowest BCUT2D eigenvalue weighted by Gasteiger charge is -2.29. The Morgan fingerprint density at radius 1 is 0.923 bits per heavy atom. The molecular weight excluding hydrogens is 158 g/mol. The fraction of sp³-hybridized carbons (Fsp3) is 1.00. The van der Waals surface area contributed by atoms with Gasteiger partial charge in [-0.3, -0.25) is 0 Å². The molecule has 0 saturated heterocycles. The molecule has 0 radical (unpaired) electrons. The zero-order valence-corrected chi connectivity index (χ0v) is 10.3. The molecule has 0 unspecified atom stereocenters. The van der Waals surface area contributed by atoms with Gasteiger partial charge in [0.1, 0.15) is 0 Å². The maximum Gasteiger partial charge on any atom is 0.000240 e. The van der Waals surface area contributed by atoms with Crippen molar-refractivity contribution in [3.63, 3.8) is 0 Å². The number of rotatable bonds is 5. The monoisotopic (exact) mass is 185 g/mol. The Labute approximate surface area is 84.3 Å². The molecule has 0 aromatic rings. The summed E-state index contributed by atoms with van der Waals surface area (Å²) in [6.45, 7) is 16.0. The number of nitrogens with one attached hydrogen (secondary N) is 1. The first-order valence-corrected chi connectivity index (χ1v) is 5.47. The Morgan fingerprint density at radius 3 is 1.85 bits per heavy atom. The van der Waals surface area contributed by atoms with Gasteiger partial charge >= 0.3 is 0 Å². The zero-order chi connectivity index (χ0) is 10.5. The van der Waals surface area contributed by atoms with Crippen LogP contribution in [0.1, 0.15) is 54.4 Å². The predicted molar refractivity (Wildman–Crippen MR) is 61.0 cm³/mol. The molecule has 0 aromatic carbocycles. The third-order valence-electron chi connectivity index (χ3n) is 2.41. The normalized spacial score (nSPS) is 13.4. The largest absolute Gasteiger partial charge is 0.316 e. The molecule has 0 heterocycles. The highest BCUT2D eigenvalue weighted by Gasteiger charge is 2.20. The first-order chi connectivity index (χ1) is 5.77. The first-order valence-electron chi connectivity index (χ1n) is 5.47. The lowest BCUT2D eigenvalue weighted by atomic mass is 9.80. The van der Waals surface area contributed by atoms with E-state index in [2.05, 4.69) is 46.9 Å². The van der Waals surface area contributed by atoms with E-state index >= 15 is 0 Å². The molecule has 80 valence electrons. The maximum atomic E-state index is 3.42. The van der Waals surface area contributed by atoms with Gasteiger partial charge in [-0.1, -0.05) is 41.5 Å². The van der Waals surface area contributed by atoms with Crippen LogP contribution in [0.4, 0.5) is 0 Å². The van der Waals surface area contributed by atoms with Crippen molar-refractivity contribution in [3.05, 3.63) is 0 Å². The fourth-order valence-electron chi connectivity index (χ4n) is 1.27. The van der Waals surface area contributed by atoms with E-state index in [0.717, 1.165) is 13.1 Å². The minimum absolute atomic E-state index is 0.448. The van der Waals surface area contributed by atoms with Crippen LogP contribution in [-0.2, 0) is 0 Å². The Hall–Kier alpha value is -0.0400. The van der Waals surface area contributed by atoms with Crippen molar-refractivity contribution >= 4 is 0 Å². The molecule has 0 amide bonds. The summed E-state index contributed by atoms with van der Waals surface area (Å²) >= 11 is 0. The summed E-state index contributed by atoms with van der Waals surface area (Å²) in [5, 5.41) is 3.42. The van der Waals surface area contributed by atoms with E-state index in [1.54, 1.807) is 0 Å². The maximum absolute atomic E-state index is 3.42. The molecule has 0 rings (SSSR count). The van der Waals surface area contributed by atoms with Crippen LogP contribution < -0.4 is 5.32 Å². The molecular formula is C12H27N. The van der Waals surface area contributed by atoms with Gasteiger partial charge in [-0.15, -0.1) is 0 Å². The van der Waals surface area contributed by atoms with Crippen molar-refractivity contribution in [3.8, 4) is 0 Å². The smallest absolute Gasteiger partial charge is 0.000240 e. The molecule has 0 bridgehead atoms. The van der Waals surface area contributed by atoms with Gasteiger partial charge < -0.3 is 5.32 Å². The van der Waals surface area contributed by atoms with Gasteiger partial charge in [0.05, 0.1) is 0 Å². The van der Waals surface area contributed by atoms with Gasteiger partial charge in [0.15, 0.2) is 0 Å². The Kier molecular flexibility index (Phi) is 4.98. The molecule has 0 aromatic heterocycles. The summed E-state index contributed by atoms with van der Waals surface area (Å²) in [5.74, 6) is 0. The highest BCUT2D eigenvalue weighted by molar-refractivity contribution is 4.74. The molecule has 0 spiro atoms. The van der Waals surface area contributed by atoms with E-state index in [-0.39, 0.29) is 0 Å². The SMILES string of the molecule is CCNCC(C)(C)CCC(C)(C)C. The molecule has 0 aliphatic heterocycles. The van der Waals surface area contributed by atoms with Crippen LogP contribution in [0.2, 0.25) is 0 Å². The van der Waals surface area contributed by atoms with E-state index < -0.39 is 0 Å². The topological polar surface area (TPSA) is 12.0 Å². The van der Waals surface area contributed by atoms with Crippen LogP contribution in [0.3, 0.4) is 0 Å². The average molecular weight is 185 g/mol. The minimum Gasteiger partial charge on any atom is -0.316 e. The Bertz CT molecular complexity index is 131. The predicted octanol–water partition coefficient (Wildman–Crippen LogP) is 3.45. The second-order valence-electron chi connectivity index (χ2n) is 6.01. The van der Waals surface area contributed by atoms with Crippen LogP contribution in [0, 0.1) is 10.8 Å². The first kappa shape index (κ1) is 13.0. The van der Waals surface area contributed by atoms with Gasteiger partial charge in [0.25, 0.3) is 0 Å². The lowest BCUT2D eigenvalue weighted by molar-refractivity contribution is 0.248. The van der Waals surface area contributed by atoms with E-state index in [4.69, 9.17) is 0 Å². The van der Waals surface area contributed by atoms with Crippen molar-refractivity contribution in [2.24, 2.45) is 10.8 Å². The van der Waals surface area contributed by atoms with Crippen molar-refractivity contribution in [1.82, 2.24) is 5.32 Å². The summed E-state index contributed by atoms with van der Waals surface area (Å²) in [4.78, 5) is 0. The van der Waals surface area contributed by atoms with Crippen molar-refractivity contribution < 1.29 is 0 Å². The van der Waals surface area contributed by atoms with Gasteiger partial charge in [0.2, 0.25) is 0 Å². The number of hydrogen-bond donors (Lipinski definition) is 1. The molecule has 0 aliphatic carbocycles. The quantitative estimate of drug-likeness (QED) is 0.692. The summed E-state index contributed by atoms with van der Waals surface area (Å²) in [6, 6.07) is 0. The second-order valence-corrected chi connectivity index (χ2v) is 6.01. The van der Waals surface area contributed by atoms with Gasteiger partial charge in [-0.25, -0.2) is 0 Å². The van der Waals surface area contributed by atoms with E-state index in [0.29, 0.717) is 10.8 Å². The van der Waals surface area contributed by atoms with E-state index in [1.807, 2.05) is 0 Å². The molecule has 1 heteroatoms. The second kappa shape index (κ2) is 4.99. The minimum atomic E-state index is 0.448. The summed E-state index contributed by atoms with van der Waals surface area (Å²) in [6.07, 6.45) is 2.62. The van der Waals surface area contributed by atoms with Crippen LogP contribution in [0.25, 0.3) is 0 Å². The molecule has 0 saturated carbocycles. The molecule has 1 nitrogen and oxygen atoms in total. The molecule has 1 N–H and O–H groups in total. The third-order valence-corrected chi connectivity index (χ3v) is 2.41. The molecule has 13 heavy (non-hydrogen) atoms. The van der Waals surface area contributed by atoms with E-state index in [9.17, 15) is 0 Å². The van der Waals surface area contributed by atoms with Crippen molar-refractivity contribution in [1.29, 1.82) is 0 Å². The molecule has 0 atom stereocenters. The van der Waals surface area contributed by atoms with Crippen molar-refractivity contribution in [2.45, 2.75) is 54.4 Å². The van der Waals surface area contributed by atoms with Crippen LogP contribution >= 0.6 is 0 Å². The Balaban J connectivity index is 3.75. The average Bonchev–Trinajstić information content (AvgIpc) is 1.97. The summed E-state index contributed by atoms with van der Waals surface area (Å²) in [5.41, 5.74) is 0.923. The Morgan fingerprint density at radius 2 is 1.46 bits per heavy atom. The van der Waals surface area contributed by atoms with Crippen LogP contribution in [0.15, 0.2) is 0 Å². The van der Waals surface area contributed by atoms with Crippen LogP contribution in [0.5, 0.6) is 0 Å². The van der Waals surface area contributed by atoms with Gasteiger partial charge in [-0.05, 0) is 30.2 Å². The van der Waals surface area contributed by atoms with E-state index in [1.165, 1.54) is 12.8 Å².